The van der Waals surface area contributed by atoms with Crippen molar-refractivity contribution in [3.05, 3.63) is 40.2 Å². The fraction of sp³-hybridized carbons (Fsp3) is 0.308. The number of nitrogens with zero attached hydrogens (tertiary/aromatic N) is 1. The largest absolute Gasteiger partial charge is 0.330 e. The first-order valence-corrected chi connectivity index (χ1v) is 6.39. The molecule has 0 saturated carbocycles. The van der Waals surface area contributed by atoms with Crippen LogP contribution < -0.4 is 5.73 Å². The minimum absolute atomic E-state index is 0.736. The van der Waals surface area contributed by atoms with Gasteiger partial charge >= 0.3 is 0 Å². The first-order chi connectivity index (χ1) is 7.79. The Kier molecular flexibility index (Phi) is 3.70. The van der Waals surface area contributed by atoms with Crippen molar-refractivity contribution in [2.24, 2.45) is 5.73 Å². The van der Waals surface area contributed by atoms with Crippen molar-refractivity contribution >= 4 is 11.3 Å². The third kappa shape index (κ3) is 2.68. The van der Waals surface area contributed by atoms with E-state index in [9.17, 15) is 0 Å². The number of thiazole rings is 1. The van der Waals surface area contributed by atoms with E-state index >= 15 is 0 Å². The summed E-state index contributed by atoms with van der Waals surface area (Å²) >= 11 is 1.72. The Morgan fingerprint density at radius 1 is 1.25 bits per heavy atom. The molecule has 0 atom stereocenters. The van der Waals surface area contributed by atoms with Crippen LogP contribution in [0, 0.1) is 6.92 Å². The number of aromatic nitrogens is 1. The number of aryl methyl sites for hydroxylation is 2. The van der Waals surface area contributed by atoms with Gasteiger partial charge in [0.25, 0.3) is 0 Å². The highest BCUT2D eigenvalue weighted by Gasteiger charge is 2.03. The van der Waals surface area contributed by atoms with Gasteiger partial charge in [-0.25, -0.2) is 4.98 Å². The zero-order valence-electron chi connectivity index (χ0n) is 9.44. The minimum atomic E-state index is 0.736. The minimum Gasteiger partial charge on any atom is -0.330 e. The van der Waals surface area contributed by atoms with Crippen LogP contribution in [0.2, 0.25) is 0 Å². The van der Waals surface area contributed by atoms with Gasteiger partial charge in [0.1, 0.15) is 0 Å². The van der Waals surface area contributed by atoms with Crippen LogP contribution in [0.25, 0.3) is 11.3 Å². The fourth-order valence-electron chi connectivity index (χ4n) is 1.54. The van der Waals surface area contributed by atoms with E-state index in [0.717, 1.165) is 25.1 Å². The van der Waals surface area contributed by atoms with E-state index in [1.807, 2.05) is 0 Å². The lowest BCUT2D eigenvalue weighted by Gasteiger charge is -1.97. The number of hydrogen-bond donors (Lipinski definition) is 1. The maximum Gasteiger partial charge on any atom is 0.0933 e. The SMILES string of the molecule is Cc1ccc(-c2csc(CCCN)n2)cc1. The average Bonchev–Trinajstić information content (AvgIpc) is 2.76. The van der Waals surface area contributed by atoms with Gasteiger partial charge < -0.3 is 5.73 Å². The molecule has 0 saturated heterocycles. The highest BCUT2D eigenvalue weighted by Crippen LogP contribution is 2.22. The number of nitrogens with two attached hydrogens (primary N) is 1. The molecule has 0 radical (unpaired) electrons. The topological polar surface area (TPSA) is 38.9 Å². The van der Waals surface area contributed by atoms with E-state index < -0.39 is 0 Å². The quantitative estimate of drug-likeness (QED) is 0.880. The molecule has 3 heteroatoms. The molecule has 84 valence electrons. The molecule has 2 nitrogen and oxygen atoms in total. The van der Waals surface area contributed by atoms with Gasteiger partial charge in [0.05, 0.1) is 10.7 Å². The molecule has 1 aromatic carbocycles. The van der Waals surface area contributed by atoms with Crippen LogP contribution in [0.1, 0.15) is 17.0 Å². The lowest BCUT2D eigenvalue weighted by atomic mass is 10.1. The highest BCUT2D eigenvalue weighted by atomic mass is 32.1. The first kappa shape index (κ1) is 11.3. The fourth-order valence-corrected chi connectivity index (χ4v) is 2.39. The molecule has 0 fully saturated rings. The van der Waals surface area contributed by atoms with Crippen molar-refractivity contribution in [2.75, 3.05) is 6.54 Å². The Morgan fingerprint density at radius 2 is 2.00 bits per heavy atom. The molecule has 1 aromatic heterocycles. The molecular weight excluding hydrogens is 216 g/mol. The van der Waals surface area contributed by atoms with Crippen molar-refractivity contribution in [2.45, 2.75) is 19.8 Å². The van der Waals surface area contributed by atoms with Gasteiger partial charge in [0.15, 0.2) is 0 Å². The van der Waals surface area contributed by atoms with Crippen molar-refractivity contribution in [1.29, 1.82) is 0 Å². The summed E-state index contributed by atoms with van der Waals surface area (Å²) in [7, 11) is 0. The van der Waals surface area contributed by atoms with Gasteiger partial charge in [-0.2, -0.15) is 0 Å². The average molecular weight is 232 g/mol. The Bertz CT molecular complexity index is 445. The summed E-state index contributed by atoms with van der Waals surface area (Å²) in [6.07, 6.45) is 2.01. The maximum atomic E-state index is 5.49. The summed E-state index contributed by atoms with van der Waals surface area (Å²) in [6, 6.07) is 8.48. The Morgan fingerprint density at radius 3 is 2.69 bits per heavy atom. The number of hydrogen-bond acceptors (Lipinski definition) is 3. The van der Waals surface area contributed by atoms with Crippen LogP contribution in [0.4, 0.5) is 0 Å². The van der Waals surface area contributed by atoms with E-state index in [1.54, 1.807) is 11.3 Å². The molecule has 0 aliphatic rings. The van der Waals surface area contributed by atoms with Crippen molar-refractivity contribution in [3.63, 3.8) is 0 Å². The van der Waals surface area contributed by atoms with Gasteiger partial charge in [-0.05, 0) is 19.9 Å². The van der Waals surface area contributed by atoms with Crippen LogP contribution in [0.5, 0.6) is 0 Å². The second-order valence-electron chi connectivity index (χ2n) is 3.88. The predicted octanol–water partition coefficient (Wildman–Crippen LogP) is 3.01. The second-order valence-corrected chi connectivity index (χ2v) is 4.83. The zero-order valence-corrected chi connectivity index (χ0v) is 10.3. The van der Waals surface area contributed by atoms with Crippen LogP contribution in [0.15, 0.2) is 29.6 Å². The maximum absolute atomic E-state index is 5.49. The van der Waals surface area contributed by atoms with Crippen LogP contribution >= 0.6 is 11.3 Å². The highest BCUT2D eigenvalue weighted by molar-refractivity contribution is 7.09. The smallest absolute Gasteiger partial charge is 0.0933 e. The Hall–Kier alpha value is -1.19. The first-order valence-electron chi connectivity index (χ1n) is 5.51. The molecule has 16 heavy (non-hydrogen) atoms. The third-order valence-corrected chi connectivity index (χ3v) is 3.40. The van der Waals surface area contributed by atoms with Gasteiger partial charge in [-0.15, -0.1) is 11.3 Å². The number of rotatable bonds is 4. The molecule has 0 aliphatic carbocycles. The summed E-state index contributed by atoms with van der Waals surface area (Å²) in [6.45, 7) is 2.83. The van der Waals surface area contributed by atoms with Crippen molar-refractivity contribution < 1.29 is 0 Å². The molecule has 0 amide bonds. The summed E-state index contributed by atoms with van der Waals surface area (Å²) in [4.78, 5) is 4.61. The number of benzene rings is 1. The Balaban J connectivity index is 2.15. The molecule has 2 rings (SSSR count). The molecule has 0 aliphatic heterocycles. The summed E-state index contributed by atoms with van der Waals surface area (Å²) < 4.78 is 0. The van der Waals surface area contributed by atoms with Crippen LogP contribution in [-0.2, 0) is 6.42 Å². The van der Waals surface area contributed by atoms with Crippen LogP contribution in [0.3, 0.4) is 0 Å². The van der Waals surface area contributed by atoms with E-state index in [4.69, 9.17) is 5.73 Å². The second kappa shape index (κ2) is 5.23. The molecule has 2 N–H and O–H groups in total. The molecule has 2 aromatic rings. The molecular formula is C13H16N2S. The van der Waals surface area contributed by atoms with Crippen molar-refractivity contribution in [1.82, 2.24) is 4.98 Å². The molecule has 0 unspecified atom stereocenters. The lowest BCUT2D eigenvalue weighted by Crippen LogP contribution is -1.99. The molecule has 0 bridgehead atoms. The van der Waals surface area contributed by atoms with E-state index in [0.29, 0.717) is 0 Å². The van der Waals surface area contributed by atoms with Gasteiger partial charge in [0, 0.05) is 17.4 Å². The van der Waals surface area contributed by atoms with Crippen molar-refractivity contribution in [3.8, 4) is 11.3 Å². The van der Waals surface area contributed by atoms with Crippen LogP contribution in [-0.4, -0.2) is 11.5 Å². The zero-order chi connectivity index (χ0) is 11.4. The monoisotopic (exact) mass is 232 g/mol. The lowest BCUT2D eigenvalue weighted by molar-refractivity contribution is 0.827. The van der Waals surface area contributed by atoms with Gasteiger partial charge in [-0.3, -0.25) is 0 Å². The third-order valence-electron chi connectivity index (χ3n) is 2.49. The summed E-state index contributed by atoms with van der Waals surface area (Å²) in [5.74, 6) is 0. The van der Waals surface area contributed by atoms with Gasteiger partial charge in [-0.1, -0.05) is 29.8 Å². The standard InChI is InChI=1S/C13H16N2S/c1-10-4-6-11(7-5-10)12-9-16-13(15-12)3-2-8-14/h4-7,9H,2-3,8,14H2,1H3. The molecule has 0 spiro atoms. The predicted molar refractivity (Wildman–Crippen MR) is 69.7 cm³/mol. The Labute approximate surface area is 100 Å². The van der Waals surface area contributed by atoms with E-state index in [1.165, 1.54) is 16.1 Å². The summed E-state index contributed by atoms with van der Waals surface area (Å²) in [5, 5.41) is 3.30. The van der Waals surface area contributed by atoms with E-state index in [2.05, 4.69) is 41.6 Å². The molecule has 1 heterocycles. The van der Waals surface area contributed by atoms with E-state index in [-0.39, 0.29) is 0 Å². The van der Waals surface area contributed by atoms with Gasteiger partial charge in [0.2, 0.25) is 0 Å². The normalized spacial score (nSPS) is 10.6. The summed E-state index contributed by atoms with van der Waals surface area (Å²) in [5.41, 5.74) is 9.04.